The second kappa shape index (κ2) is 6.93. The van der Waals surface area contributed by atoms with Crippen molar-refractivity contribution in [2.24, 2.45) is 5.92 Å². The molecule has 6 heteroatoms. The van der Waals surface area contributed by atoms with E-state index >= 15 is 0 Å². The molecule has 1 aliphatic rings. The van der Waals surface area contributed by atoms with Crippen LogP contribution in [0.2, 0.25) is 0 Å². The fourth-order valence-electron chi connectivity index (χ4n) is 2.90. The van der Waals surface area contributed by atoms with E-state index in [-0.39, 0.29) is 23.6 Å². The maximum atomic E-state index is 13.0. The van der Waals surface area contributed by atoms with Crippen LogP contribution in [-0.4, -0.2) is 24.1 Å². The van der Waals surface area contributed by atoms with Crippen LogP contribution in [-0.2, 0) is 9.59 Å². The zero-order valence-corrected chi connectivity index (χ0v) is 13.6. The van der Waals surface area contributed by atoms with Crippen LogP contribution in [0.1, 0.15) is 29.5 Å². The van der Waals surface area contributed by atoms with Gasteiger partial charge in [0.1, 0.15) is 11.6 Å². The lowest BCUT2D eigenvalue weighted by atomic mass is 10.1. The van der Waals surface area contributed by atoms with Crippen molar-refractivity contribution >= 4 is 11.9 Å². The first-order chi connectivity index (χ1) is 12.0. The van der Waals surface area contributed by atoms with E-state index in [0.717, 1.165) is 5.56 Å². The smallest absolute Gasteiger partial charge is 0.330 e. The Kier molecular flexibility index (Phi) is 4.70. The number of nitrogens with one attached hydrogen (secondary N) is 1. The lowest BCUT2D eigenvalue weighted by Gasteiger charge is -2.15. The fraction of sp³-hybridized carbons (Fsp3) is 0.263. The number of methoxy groups -OCH3 is 1. The van der Waals surface area contributed by atoms with Crippen molar-refractivity contribution in [2.75, 3.05) is 7.11 Å². The number of ether oxygens (including phenoxy) is 1. The molecule has 0 spiro atoms. The largest absolute Gasteiger partial charge is 0.497 e. The van der Waals surface area contributed by atoms with E-state index in [2.05, 4.69) is 5.32 Å². The topological polar surface area (TPSA) is 75.6 Å². The average molecular weight is 343 g/mol. The maximum absolute atomic E-state index is 13.0. The summed E-state index contributed by atoms with van der Waals surface area (Å²) in [5.74, 6) is -1.43. The molecule has 3 atom stereocenters. The van der Waals surface area contributed by atoms with E-state index < -0.39 is 12.0 Å². The normalized spacial score (nSPS) is 19.8. The van der Waals surface area contributed by atoms with Crippen LogP contribution in [0, 0.1) is 11.7 Å². The fourth-order valence-corrected chi connectivity index (χ4v) is 2.90. The van der Waals surface area contributed by atoms with Gasteiger partial charge in [-0.2, -0.15) is 0 Å². The molecule has 2 N–H and O–H groups in total. The first kappa shape index (κ1) is 17.0. The van der Waals surface area contributed by atoms with Gasteiger partial charge < -0.3 is 15.2 Å². The summed E-state index contributed by atoms with van der Waals surface area (Å²) in [5, 5.41) is 12.0. The molecule has 2 aromatic carbocycles. The molecular formula is C19H18FNO4. The summed E-state index contributed by atoms with van der Waals surface area (Å²) in [4.78, 5) is 23.9. The third-order valence-corrected chi connectivity index (χ3v) is 4.41. The SMILES string of the molecule is COc1ccc([C@H](NC(=O)[C@H]2C[C@@H]2c2ccc(F)cc2)C(=O)O)cc1. The Morgan fingerprint density at radius 1 is 1.16 bits per heavy atom. The summed E-state index contributed by atoms with van der Waals surface area (Å²) in [5.41, 5.74) is 1.36. The highest BCUT2D eigenvalue weighted by molar-refractivity contribution is 5.88. The molecule has 5 nitrogen and oxygen atoms in total. The van der Waals surface area contributed by atoms with Gasteiger partial charge in [0.05, 0.1) is 7.11 Å². The number of benzene rings is 2. The second-order valence-electron chi connectivity index (χ2n) is 6.05. The third-order valence-electron chi connectivity index (χ3n) is 4.41. The molecule has 0 saturated heterocycles. The van der Waals surface area contributed by atoms with Gasteiger partial charge in [0, 0.05) is 5.92 Å². The van der Waals surface area contributed by atoms with E-state index in [4.69, 9.17) is 4.74 Å². The molecule has 0 aliphatic heterocycles. The highest BCUT2D eigenvalue weighted by Crippen LogP contribution is 2.47. The number of rotatable bonds is 6. The molecule has 1 saturated carbocycles. The van der Waals surface area contributed by atoms with Gasteiger partial charge in [0.15, 0.2) is 6.04 Å². The van der Waals surface area contributed by atoms with Gasteiger partial charge in [-0.1, -0.05) is 24.3 Å². The predicted octanol–water partition coefficient (Wildman–Crippen LogP) is 2.88. The molecular weight excluding hydrogens is 325 g/mol. The second-order valence-corrected chi connectivity index (χ2v) is 6.05. The van der Waals surface area contributed by atoms with Crippen molar-refractivity contribution in [2.45, 2.75) is 18.4 Å². The van der Waals surface area contributed by atoms with Crippen LogP contribution >= 0.6 is 0 Å². The number of carboxylic acids is 1. The molecule has 0 heterocycles. The Bertz CT molecular complexity index is 773. The van der Waals surface area contributed by atoms with E-state index in [1.54, 1.807) is 36.4 Å². The van der Waals surface area contributed by atoms with Gasteiger partial charge in [-0.05, 0) is 47.7 Å². The number of amides is 1. The molecule has 0 unspecified atom stereocenters. The lowest BCUT2D eigenvalue weighted by molar-refractivity contribution is -0.142. The zero-order chi connectivity index (χ0) is 18.0. The van der Waals surface area contributed by atoms with E-state index in [9.17, 15) is 19.1 Å². The van der Waals surface area contributed by atoms with Crippen LogP contribution in [0.15, 0.2) is 48.5 Å². The molecule has 1 amide bonds. The molecule has 1 aliphatic carbocycles. The summed E-state index contributed by atoms with van der Waals surface area (Å²) in [6, 6.07) is 11.4. The summed E-state index contributed by atoms with van der Waals surface area (Å²) in [6.45, 7) is 0. The highest BCUT2D eigenvalue weighted by Gasteiger charge is 2.44. The van der Waals surface area contributed by atoms with Crippen LogP contribution in [0.25, 0.3) is 0 Å². The Hall–Kier alpha value is -2.89. The van der Waals surface area contributed by atoms with Crippen LogP contribution in [0.5, 0.6) is 5.75 Å². The zero-order valence-electron chi connectivity index (χ0n) is 13.6. The summed E-state index contributed by atoms with van der Waals surface area (Å²) >= 11 is 0. The van der Waals surface area contributed by atoms with E-state index in [1.807, 2.05) is 0 Å². The number of hydrogen-bond acceptors (Lipinski definition) is 3. The van der Waals surface area contributed by atoms with Crippen molar-refractivity contribution in [3.63, 3.8) is 0 Å². The first-order valence-electron chi connectivity index (χ1n) is 7.92. The molecule has 0 radical (unpaired) electrons. The monoisotopic (exact) mass is 343 g/mol. The van der Waals surface area contributed by atoms with Gasteiger partial charge >= 0.3 is 5.97 Å². The number of carbonyl (C=O) groups excluding carboxylic acids is 1. The summed E-state index contributed by atoms with van der Waals surface area (Å²) < 4.78 is 18.0. The first-order valence-corrected chi connectivity index (χ1v) is 7.92. The average Bonchev–Trinajstić information content (AvgIpc) is 3.41. The molecule has 2 aromatic rings. The highest BCUT2D eigenvalue weighted by atomic mass is 19.1. The minimum Gasteiger partial charge on any atom is -0.497 e. The summed E-state index contributed by atoms with van der Waals surface area (Å²) in [7, 11) is 1.52. The molecule has 1 fully saturated rings. The molecule has 0 bridgehead atoms. The number of hydrogen-bond donors (Lipinski definition) is 2. The Balaban J connectivity index is 1.67. The quantitative estimate of drug-likeness (QED) is 0.846. The Morgan fingerprint density at radius 3 is 2.36 bits per heavy atom. The lowest BCUT2D eigenvalue weighted by Crippen LogP contribution is -2.35. The van der Waals surface area contributed by atoms with Crippen LogP contribution < -0.4 is 10.1 Å². The number of aliphatic carboxylic acids is 1. The van der Waals surface area contributed by atoms with E-state index in [1.165, 1.54) is 19.2 Å². The molecule has 0 aromatic heterocycles. The standard InChI is InChI=1S/C19H18FNO4/c1-25-14-8-4-12(5-9-14)17(19(23)24)21-18(22)16-10-15(16)11-2-6-13(20)7-3-11/h2-9,15-17H,10H2,1H3,(H,21,22)(H,23,24)/t15-,16+,17+/m1/s1. The molecule has 3 rings (SSSR count). The Labute approximate surface area is 144 Å². The molecule has 25 heavy (non-hydrogen) atoms. The van der Waals surface area contributed by atoms with Crippen molar-refractivity contribution in [3.8, 4) is 5.75 Å². The Morgan fingerprint density at radius 2 is 1.80 bits per heavy atom. The predicted molar refractivity (Wildman–Crippen MR) is 88.8 cm³/mol. The van der Waals surface area contributed by atoms with Gasteiger partial charge in [-0.3, -0.25) is 4.79 Å². The minimum absolute atomic E-state index is 0.00547. The molecule has 130 valence electrons. The maximum Gasteiger partial charge on any atom is 0.330 e. The van der Waals surface area contributed by atoms with Gasteiger partial charge in [-0.25, -0.2) is 9.18 Å². The van der Waals surface area contributed by atoms with Gasteiger partial charge in [0.25, 0.3) is 0 Å². The van der Waals surface area contributed by atoms with Crippen molar-refractivity contribution < 1.29 is 23.8 Å². The van der Waals surface area contributed by atoms with E-state index in [0.29, 0.717) is 17.7 Å². The van der Waals surface area contributed by atoms with Crippen LogP contribution in [0.3, 0.4) is 0 Å². The van der Waals surface area contributed by atoms with Gasteiger partial charge in [0.2, 0.25) is 5.91 Å². The summed E-state index contributed by atoms with van der Waals surface area (Å²) in [6.07, 6.45) is 0.631. The third kappa shape index (κ3) is 3.79. The van der Waals surface area contributed by atoms with Crippen molar-refractivity contribution in [1.82, 2.24) is 5.32 Å². The van der Waals surface area contributed by atoms with Crippen molar-refractivity contribution in [3.05, 3.63) is 65.5 Å². The van der Waals surface area contributed by atoms with Gasteiger partial charge in [-0.15, -0.1) is 0 Å². The van der Waals surface area contributed by atoms with Crippen LogP contribution in [0.4, 0.5) is 4.39 Å². The number of carboxylic acid groups (broad SMARTS) is 1. The van der Waals surface area contributed by atoms with Crippen molar-refractivity contribution in [1.29, 1.82) is 0 Å². The minimum atomic E-state index is -1.13. The number of carbonyl (C=O) groups is 2. The number of halogens is 1.